The van der Waals surface area contributed by atoms with Crippen LogP contribution in [0.3, 0.4) is 0 Å². The Bertz CT molecular complexity index is 36.0. The van der Waals surface area contributed by atoms with E-state index in [1.54, 1.807) is 0 Å². The number of hydrogen-bond acceptors (Lipinski definition) is 2. The first-order valence-electron chi connectivity index (χ1n) is 3.16. The van der Waals surface area contributed by atoms with Gasteiger partial charge in [0.25, 0.3) is 0 Å². The van der Waals surface area contributed by atoms with Gasteiger partial charge in [-0.3, -0.25) is 0 Å². The summed E-state index contributed by atoms with van der Waals surface area (Å²) in [5.41, 5.74) is 0. The first-order chi connectivity index (χ1) is 3.91. The maximum atomic E-state index is 4.72. The summed E-state index contributed by atoms with van der Waals surface area (Å²) >= 11 is 0. The van der Waals surface area contributed by atoms with Gasteiger partial charge in [0.15, 0.2) is 0 Å². The second-order valence-corrected chi connectivity index (χ2v) is 1.64. The maximum Gasteiger partial charge on any atom is 0.0819 e. The van der Waals surface area contributed by atoms with Crippen molar-refractivity contribution in [3.63, 3.8) is 0 Å². The fourth-order valence-electron chi connectivity index (χ4n) is 0.285. The molecule has 0 aromatic carbocycles. The molecule has 0 N–H and O–H groups in total. The van der Waals surface area contributed by atoms with Crippen molar-refractivity contribution >= 4 is 0 Å². The van der Waals surface area contributed by atoms with Crippen LogP contribution in [0.2, 0.25) is 0 Å². The molecule has 3 heteroatoms. The summed E-state index contributed by atoms with van der Waals surface area (Å²) < 4.78 is 0. The van der Waals surface area contributed by atoms with Gasteiger partial charge >= 0.3 is 0 Å². The van der Waals surface area contributed by atoms with Crippen molar-refractivity contribution in [2.45, 2.75) is 26.7 Å². The first-order valence-corrected chi connectivity index (χ1v) is 3.16. The number of hydrogen-bond donors (Lipinski definition) is 0. The summed E-state index contributed by atoms with van der Waals surface area (Å²) in [7, 11) is 0. The van der Waals surface area contributed by atoms with Gasteiger partial charge in [0.2, 0.25) is 0 Å². The normalized spacial score (nSPS) is 8.67. The molecule has 0 heterocycles. The van der Waals surface area contributed by atoms with Gasteiger partial charge in [-0.25, -0.2) is 9.78 Å². The van der Waals surface area contributed by atoms with Crippen molar-refractivity contribution in [1.29, 1.82) is 0 Å². The molecule has 2 nitrogen and oxygen atoms in total. The molecule has 0 bridgehead atoms. The van der Waals surface area contributed by atoms with Crippen molar-refractivity contribution in [2.75, 3.05) is 13.2 Å². The minimum Gasteiger partial charge on any atom is -0.237 e. The quantitative estimate of drug-likeness (QED) is 0.279. The summed E-state index contributed by atoms with van der Waals surface area (Å²) in [5.74, 6) is 0. The molecule has 0 saturated heterocycles. The standard InChI is InChI=1S/C6H14O2.Cu/c1-3-5-7-8-6-4-2;/h3-6H2,1-2H3;. The van der Waals surface area contributed by atoms with Gasteiger partial charge in [-0.1, -0.05) is 13.8 Å². The molecule has 0 aromatic rings. The van der Waals surface area contributed by atoms with Crippen molar-refractivity contribution in [3.05, 3.63) is 0 Å². The van der Waals surface area contributed by atoms with Crippen LogP contribution in [-0.2, 0) is 26.8 Å². The predicted octanol–water partition coefficient (Wildman–Crippen LogP) is 1.75. The Morgan fingerprint density at radius 3 is 1.44 bits per heavy atom. The van der Waals surface area contributed by atoms with Crippen molar-refractivity contribution in [2.24, 2.45) is 0 Å². The molecule has 0 saturated carbocycles. The second kappa shape index (κ2) is 11.3. The van der Waals surface area contributed by atoms with E-state index in [0.717, 1.165) is 12.8 Å². The third-order valence-corrected chi connectivity index (χ3v) is 0.658. The van der Waals surface area contributed by atoms with E-state index < -0.39 is 0 Å². The van der Waals surface area contributed by atoms with E-state index >= 15 is 0 Å². The van der Waals surface area contributed by atoms with E-state index in [1.165, 1.54) is 0 Å². The van der Waals surface area contributed by atoms with Gasteiger partial charge in [-0.15, -0.1) is 0 Å². The van der Waals surface area contributed by atoms with E-state index in [-0.39, 0.29) is 17.1 Å². The Balaban J connectivity index is 0. The van der Waals surface area contributed by atoms with Crippen LogP contribution in [-0.4, -0.2) is 13.2 Å². The smallest absolute Gasteiger partial charge is 0.0819 e. The Hall–Kier alpha value is 0.439. The van der Waals surface area contributed by atoms with E-state index in [0.29, 0.717) is 13.2 Å². The van der Waals surface area contributed by atoms with Crippen LogP contribution in [0.15, 0.2) is 0 Å². The predicted molar refractivity (Wildman–Crippen MR) is 32.5 cm³/mol. The molecule has 0 unspecified atom stereocenters. The Kier molecular flexibility index (Phi) is 15.2. The molecule has 61 valence electrons. The fraction of sp³-hybridized carbons (Fsp3) is 1.00. The summed E-state index contributed by atoms with van der Waals surface area (Å²) in [6.45, 7) is 5.52. The van der Waals surface area contributed by atoms with Gasteiger partial charge in [-0.2, -0.15) is 0 Å². The van der Waals surface area contributed by atoms with Crippen LogP contribution in [0, 0.1) is 0 Å². The topological polar surface area (TPSA) is 18.5 Å². The number of rotatable bonds is 5. The summed E-state index contributed by atoms with van der Waals surface area (Å²) in [4.78, 5) is 9.45. The van der Waals surface area contributed by atoms with Crippen LogP contribution in [0.4, 0.5) is 0 Å². The monoisotopic (exact) mass is 181 g/mol. The average molecular weight is 182 g/mol. The molecule has 0 amide bonds. The molecule has 1 radical (unpaired) electrons. The zero-order valence-electron chi connectivity index (χ0n) is 5.95. The van der Waals surface area contributed by atoms with Crippen molar-refractivity contribution in [1.82, 2.24) is 0 Å². The average Bonchev–Trinajstić information content (AvgIpc) is 1.81. The fourth-order valence-corrected chi connectivity index (χ4v) is 0.285. The Labute approximate surface area is 67.3 Å². The molecular weight excluding hydrogens is 168 g/mol. The first kappa shape index (κ1) is 12.1. The van der Waals surface area contributed by atoms with Crippen LogP contribution in [0.1, 0.15) is 26.7 Å². The summed E-state index contributed by atoms with van der Waals surface area (Å²) in [6.07, 6.45) is 2.04. The van der Waals surface area contributed by atoms with E-state index in [4.69, 9.17) is 9.78 Å². The zero-order chi connectivity index (χ0) is 6.24. The van der Waals surface area contributed by atoms with Crippen molar-refractivity contribution < 1.29 is 26.8 Å². The van der Waals surface area contributed by atoms with Crippen LogP contribution in [0.25, 0.3) is 0 Å². The van der Waals surface area contributed by atoms with E-state index in [2.05, 4.69) is 13.8 Å². The maximum absolute atomic E-state index is 4.72. The molecule has 9 heavy (non-hydrogen) atoms. The minimum atomic E-state index is 0. The summed E-state index contributed by atoms with van der Waals surface area (Å²) in [5, 5.41) is 0. The third-order valence-electron chi connectivity index (χ3n) is 0.658. The Morgan fingerprint density at radius 1 is 0.889 bits per heavy atom. The largest absolute Gasteiger partial charge is 0.237 e. The van der Waals surface area contributed by atoms with Gasteiger partial charge in [0.05, 0.1) is 13.2 Å². The molecule has 0 spiro atoms. The molecule has 0 aliphatic carbocycles. The molecule has 0 aromatic heterocycles. The Morgan fingerprint density at radius 2 is 1.22 bits per heavy atom. The van der Waals surface area contributed by atoms with Gasteiger partial charge in [0.1, 0.15) is 0 Å². The van der Waals surface area contributed by atoms with Crippen LogP contribution >= 0.6 is 0 Å². The van der Waals surface area contributed by atoms with Gasteiger partial charge < -0.3 is 0 Å². The SMILES string of the molecule is CCCOOCCC.[Cu]. The van der Waals surface area contributed by atoms with E-state index in [1.807, 2.05) is 0 Å². The van der Waals surface area contributed by atoms with Crippen LogP contribution in [0.5, 0.6) is 0 Å². The van der Waals surface area contributed by atoms with E-state index in [9.17, 15) is 0 Å². The van der Waals surface area contributed by atoms with Crippen LogP contribution < -0.4 is 0 Å². The molecule has 0 atom stereocenters. The molecule has 0 aliphatic heterocycles. The molecule has 0 fully saturated rings. The molecule has 0 rings (SSSR count). The zero-order valence-corrected chi connectivity index (χ0v) is 6.89. The van der Waals surface area contributed by atoms with Gasteiger partial charge in [-0.05, 0) is 12.8 Å². The molecular formula is C6H14CuO2. The summed E-state index contributed by atoms with van der Waals surface area (Å²) in [6, 6.07) is 0. The minimum absolute atomic E-state index is 0. The van der Waals surface area contributed by atoms with Crippen molar-refractivity contribution in [3.8, 4) is 0 Å². The third kappa shape index (κ3) is 11.8. The molecule has 0 aliphatic rings. The second-order valence-electron chi connectivity index (χ2n) is 1.64. The van der Waals surface area contributed by atoms with Gasteiger partial charge in [0, 0.05) is 17.1 Å².